The van der Waals surface area contributed by atoms with Crippen molar-refractivity contribution >= 4 is 16.1 Å². The van der Waals surface area contributed by atoms with Crippen molar-refractivity contribution in [3.8, 4) is 0 Å². The van der Waals surface area contributed by atoms with E-state index in [1.165, 1.54) is 0 Å². The lowest BCUT2D eigenvalue weighted by molar-refractivity contribution is -0.128. The van der Waals surface area contributed by atoms with Gasteiger partial charge in [0.25, 0.3) is 0 Å². The van der Waals surface area contributed by atoms with E-state index in [1.54, 1.807) is 20.8 Å². The summed E-state index contributed by atoms with van der Waals surface area (Å²) < 4.78 is 38.6. The molecule has 0 aliphatic heterocycles. The number of rotatable bonds is 9. The van der Waals surface area contributed by atoms with Gasteiger partial charge in [-0.15, -0.1) is 0 Å². The Labute approximate surface area is 103 Å². The first kappa shape index (κ1) is 17.3. The Morgan fingerprint density at radius 2 is 1.76 bits per heavy atom. The summed E-state index contributed by atoms with van der Waals surface area (Å²) in [6.07, 6.45) is 0.129. The molecule has 0 spiro atoms. The average molecular weight is 288 g/mol. The lowest BCUT2D eigenvalue weighted by Crippen LogP contribution is -2.32. The molecule has 0 saturated heterocycles. The van der Waals surface area contributed by atoms with Gasteiger partial charge in [-0.1, -0.05) is 6.92 Å². The maximum atomic E-state index is 12.1. The Morgan fingerprint density at radius 3 is 2.06 bits per heavy atom. The van der Waals surface area contributed by atoms with E-state index in [1.807, 2.05) is 6.92 Å². The van der Waals surface area contributed by atoms with Gasteiger partial charge >= 0.3 is 12.9 Å². The molecule has 0 aromatic heterocycles. The summed E-state index contributed by atoms with van der Waals surface area (Å²) in [6, 6.07) is 0. The SMILES string of the molecule is CCOC(OCC)([PH2]=O)P(=O)(O)OC(C)CC. The zero-order valence-corrected chi connectivity index (χ0v) is 12.8. The second-order valence-corrected chi connectivity index (χ2v) is 6.82. The first-order valence-corrected chi connectivity index (χ1v) is 8.27. The molecule has 8 heteroatoms. The lowest BCUT2D eigenvalue weighted by atomic mass is 10.3. The van der Waals surface area contributed by atoms with Crippen LogP contribution in [0.2, 0.25) is 0 Å². The van der Waals surface area contributed by atoms with Gasteiger partial charge in [-0.3, -0.25) is 4.57 Å². The number of hydrogen-bond acceptors (Lipinski definition) is 5. The van der Waals surface area contributed by atoms with Crippen molar-refractivity contribution in [2.45, 2.75) is 45.5 Å². The Hall–Kier alpha value is 0.300. The van der Waals surface area contributed by atoms with Crippen molar-refractivity contribution in [1.29, 1.82) is 0 Å². The van der Waals surface area contributed by atoms with E-state index in [9.17, 15) is 14.0 Å². The number of hydrogen-bond donors (Lipinski definition) is 1. The maximum Gasteiger partial charge on any atom is 0.394 e. The normalized spacial score (nSPS) is 18.4. The molecule has 0 bridgehead atoms. The predicted molar refractivity (Wildman–Crippen MR) is 67.0 cm³/mol. The molecule has 0 radical (unpaired) electrons. The van der Waals surface area contributed by atoms with Crippen LogP contribution in [0, 0.1) is 0 Å². The maximum absolute atomic E-state index is 12.1. The molecule has 0 aromatic carbocycles. The summed E-state index contributed by atoms with van der Waals surface area (Å²) in [6.45, 7) is 6.97. The van der Waals surface area contributed by atoms with E-state index < -0.39 is 27.4 Å². The highest BCUT2D eigenvalue weighted by Crippen LogP contribution is 2.62. The molecule has 1 N–H and O–H groups in total. The molecule has 0 fully saturated rings. The average Bonchev–Trinajstić information content (AvgIpc) is 2.27. The zero-order chi connectivity index (χ0) is 13.5. The fourth-order valence-corrected chi connectivity index (χ4v) is 3.70. The third-order valence-electron chi connectivity index (χ3n) is 2.14. The molecule has 3 atom stereocenters. The van der Waals surface area contributed by atoms with Crippen LogP contribution in [0.3, 0.4) is 0 Å². The highest BCUT2D eigenvalue weighted by molar-refractivity contribution is 7.63. The van der Waals surface area contributed by atoms with Gasteiger partial charge in [0.05, 0.1) is 6.10 Å². The van der Waals surface area contributed by atoms with E-state index >= 15 is 0 Å². The summed E-state index contributed by atoms with van der Waals surface area (Å²) >= 11 is 0. The van der Waals surface area contributed by atoms with Crippen LogP contribution in [-0.2, 0) is 23.1 Å². The molecule has 6 nitrogen and oxygen atoms in total. The smallest absolute Gasteiger partial charge is 0.335 e. The monoisotopic (exact) mass is 288 g/mol. The minimum Gasteiger partial charge on any atom is -0.335 e. The van der Waals surface area contributed by atoms with Gasteiger partial charge < -0.3 is 23.5 Å². The summed E-state index contributed by atoms with van der Waals surface area (Å²) in [5, 5.41) is -2.01. The van der Waals surface area contributed by atoms with Gasteiger partial charge in [-0.25, -0.2) is 0 Å². The first-order chi connectivity index (χ1) is 7.89. The van der Waals surface area contributed by atoms with Crippen molar-refractivity contribution < 1.29 is 28.0 Å². The van der Waals surface area contributed by atoms with Crippen LogP contribution in [0.1, 0.15) is 34.1 Å². The Bertz CT molecular complexity index is 277. The van der Waals surface area contributed by atoms with Crippen molar-refractivity contribution in [2.75, 3.05) is 13.2 Å². The van der Waals surface area contributed by atoms with E-state index in [2.05, 4.69) is 0 Å². The van der Waals surface area contributed by atoms with Crippen LogP contribution in [0.4, 0.5) is 0 Å². The van der Waals surface area contributed by atoms with Gasteiger partial charge in [0.15, 0.2) is 0 Å². The summed E-state index contributed by atoms with van der Waals surface area (Å²) in [5.41, 5.74) is 0. The van der Waals surface area contributed by atoms with Crippen LogP contribution in [-0.4, -0.2) is 29.5 Å². The van der Waals surface area contributed by atoms with Crippen LogP contribution in [0.5, 0.6) is 0 Å². The second-order valence-electron chi connectivity index (χ2n) is 3.46. The molecule has 0 aliphatic rings. The highest BCUT2D eigenvalue weighted by atomic mass is 31.2. The quantitative estimate of drug-likeness (QED) is 0.518. The molecule has 0 amide bonds. The van der Waals surface area contributed by atoms with Gasteiger partial charge in [-0.05, 0) is 27.2 Å². The molecule has 3 unspecified atom stereocenters. The van der Waals surface area contributed by atoms with Gasteiger partial charge in [0.2, 0.25) is 0 Å². The van der Waals surface area contributed by atoms with Crippen LogP contribution in [0.15, 0.2) is 0 Å². The van der Waals surface area contributed by atoms with Crippen molar-refractivity contribution in [1.82, 2.24) is 0 Å². The van der Waals surface area contributed by atoms with Crippen LogP contribution < -0.4 is 0 Å². The summed E-state index contributed by atoms with van der Waals surface area (Å²) in [4.78, 5) is 9.89. The first-order valence-electron chi connectivity index (χ1n) is 5.64. The van der Waals surface area contributed by atoms with E-state index in [0.29, 0.717) is 6.42 Å². The molecule has 17 heavy (non-hydrogen) atoms. The summed E-state index contributed by atoms with van der Waals surface area (Å²) in [5.74, 6) is 0. The predicted octanol–water partition coefficient (Wildman–Crippen LogP) is 2.43. The van der Waals surface area contributed by atoms with E-state index in [0.717, 1.165) is 0 Å². The highest BCUT2D eigenvalue weighted by Gasteiger charge is 2.52. The van der Waals surface area contributed by atoms with Crippen LogP contribution >= 0.6 is 16.1 Å². The molecular weight excluding hydrogens is 266 g/mol. The zero-order valence-electron chi connectivity index (χ0n) is 10.7. The van der Waals surface area contributed by atoms with Crippen molar-refractivity contribution in [2.24, 2.45) is 0 Å². The Balaban J connectivity index is 5.11. The minimum absolute atomic E-state index is 0.115. The molecule has 0 rings (SSSR count). The van der Waals surface area contributed by atoms with Crippen LogP contribution in [0.25, 0.3) is 0 Å². The van der Waals surface area contributed by atoms with Gasteiger partial charge in [-0.2, -0.15) is 0 Å². The number of ether oxygens (including phenoxy) is 2. The molecular formula is C9H22O6P2. The summed E-state index contributed by atoms with van der Waals surface area (Å²) in [7, 11) is -6.03. The molecule has 0 aliphatic carbocycles. The second kappa shape index (κ2) is 7.67. The standard InChI is InChI=1S/C9H22O6P2/c1-5-8(4)15-17(11,12)9(16-10,13-6-2)14-7-3/h8H,5-7,16H2,1-4H3,(H,11,12). The minimum atomic E-state index is -4.26. The van der Waals surface area contributed by atoms with Gasteiger partial charge in [0, 0.05) is 13.2 Å². The third-order valence-corrected chi connectivity index (χ3v) is 5.76. The van der Waals surface area contributed by atoms with E-state index in [4.69, 9.17) is 14.0 Å². The topological polar surface area (TPSA) is 82.1 Å². The fourth-order valence-electron chi connectivity index (χ4n) is 1.14. The molecule has 0 heterocycles. The van der Waals surface area contributed by atoms with E-state index in [-0.39, 0.29) is 13.2 Å². The Kier molecular flexibility index (Phi) is 7.81. The third kappa shape index (κ3) is 4.47. The lowest BCUT2D eigenvalue weighted by Gasteiger charge is -2.32. The largest absolute Gasteiger partial charge is 0.394 e. The fraction of sp³-hybridized carbons (Fsp3) is 1.00. The van der Waals surface area contributed by atoms with Crippen molar-refractivity contribution in [3.63, 3.8) is 0 Å². The molecule has 104 valence electrons. The molecule has 0 saturated carbocycles. The van der Waals surface area contributed by atoms with Gasteiger partial charge in [0.1, 0.15) is 8.46 Å². The Morgan fingerprint density at radius 1 is 1.29 bits per heavy atom. The molecule has 0 aromatic rings. The van der Waals surface area contributed by atoms with Crippen molar-refractivity contribution in [3.05, 3.63) is 0 Å².